The van der Waals surface area contributed by atoms with E-state index in [0.717, 1.165) is 6.42 Å². The first kappa shape index (κ1) is 6.59. The summed E-state index contributed by atoms with van der Waals surface area (Å²) in [5.74, 6) is 0.638. The molecule has 2 nitrogen and oxygen atoms in total. The van der Waals surface area contributed by atoms with Crippen molar-refractivity contribution in [1.29, 1.82) is 0 Å². The average molecular weight is 128 g/mol. The van der Waals surface area contributed by atoms with Crippen molar-refractivity contribution in [2.75, 3.05) is 6.61 Å². The molecule has 1 saturated heterocycles. The lowest BCUT2D eigenvalue weighted by Gasteiger charge is -2.22. The molecule has 1 aliphatic heterocycles. The van der Waals surface area contributed by atoms with Crippen molar-refractivity contribution >= 4 is 5.97 Å². The SMILES string of the molecule is C[C@@H]1COC(=O)[C@H](C)C1. The number of carbonyl (C=O) groups excluding carboxylic acids is 1. The highest BCUT2D eigenvalue weighted by molar-refractivity contribution is 5.72. The fraction of sp³-hybridized carbons (Fsp3) is 0.857. The van der Waals surface area contributed by atoms with Gasteiger partial charge in [-0.25, -0.2) is 0 Å². The van der Waals surface area contributed by atoms with Gasteiger partial charge in [0.25, 0.3) is 0 Å². The molecular weight excluding hydrogens is 116 g/mol. The van der Waals surface area contributed by atoms with Gasteiger partial charge in [-0.1, -0.05) is 13.8 Å². The molecule has 1 rings (SSSR count). The van der Waals surface area contributed by atoms with E-state index < -0.39 is 0 Å². The standard InChI is InChI=1S/C7H12O2/c1-5-3-6(2)7(8)9-4-5/h5-6H,3-4H2,1-2H3/t5-,6+/m0/s1. The lowest BCUT2D eigenvalue weighted by Crippen LogP contribution is -2.26. The van der Waals surface area contributed by atoms with Gasteiger partial charge in [-0.05, 0) is 12.3 Å². The van der Waals surface area contributed by atoms with Crippen LogP contribution in [-0.2, 0) is 9.53 Å². The summed E-state index contributed by atoms with van der Waals surface area (Å²) in [7, 11) is 0. The normalized spacial score (nSPS) is 36.0. The summed E-state index contributed by atoms with van der Waals surface area (Å²) in [6.45, 7) is 4.63. The molecule has 0 aromatic heterocycles. The molecule has 0 radical (unpaired) electrons. The van der Waals surface area contributed by atoms with Crippen LogP contribution in [0.15, 0.2) is 0 Å². The van der Waals surface area contributed by atoms with E-state index in [-0.39, 0.29) is 11.9 Å². The summed E-state index contributed by atoms with van der Waals surface area (Å²) in [5.41, 5.74) is 0. The highest BCUT2D eigenvalue weighted by atomic mass is 16.5. The molecular formula is C7H12O2. The molecule has 52 valence electrons. The minimum Gasteiger partial charge on any atom is -0.465 e. The van der Waals surface area contributed by atoms with Gasteiger partial charge >= 0.3 is 5.97 Å². The third kappa shape index (κ3) is 1.44. The Morgan fingerprint density at radius 1 is 1.56 bits per heavy atom. The quantitative estimate of drug-likeness (QED) is 0.458. The Bertz CT molecular complexity index is 120. The van der Waals surface area contributed by atoms with E-state index in [4.69, 9.17) is 4.74 Å². The molecule has 2 heteroatoms. The first-order valence-corrected chi connectivity index (χ1v) is 3.37. The second-order valence-electron chi connectivity index (χ2n) is 2.87. The van der Waals surface area contributed by atoms with E-state index in [2.05, 4.69) is 6.92 Å². The highest BCUT2D eigenvalue weighted by Crippen LogP contribution is 2.18. The molecule has 0 amide bonds. The van der Waals surface area contributed by atoms with Crippen LogP contribution in [0.5, 0.6) is 0 Å². The zero-order chi connectivity index (χ0) is 6.85. The smallest absolute Gasteiger partial charge is 0.308 e. The minimum atomic E-state index is -0.0342. The number of esters is 1. The lowest BCUT2D eigenvalue weighted by molar-refractivity contribution is -0.154. The van der Waals surface area contributed by atoms with Gasteiger partial charge in [0.1, 0.15) is 0 Å². The van der Waals surface area contributed by atoms with Gasteiger partial charge in [0.2, 0.25) is 0 Å². The largest absolute Gasteiger partial charge is 0.465 e. The van der Waals surface area contributed by atoms with E-state index in [9.17, 15) is 4.79 Å². The fourth-order valence-electron chi connectivity index (χ4n) is 1.13. The average Bonchev–Trinajstić information content (AvgIpc) is 1.80. The topological polar surface area (TPSA) is 26.3 Å². The van der Waals surface area contributed by atoms with Crippen molar-refractivity contribution in [3.63, 3.8) is 0 Å². The van der Waals surface area contributed by atoms with E-state index in [0.29, 0.717) is 12.5 Å². The molecule has 1 aliphatic rings. The van der Waals surface area contributed by atoms with Crippen LogP contribution in [0.2, 0.25) is 0 Å². The van der Waals surface area contributed by atoms with E-state index >= 15 is 0 Å². The second-order valence-corrected chi connectivity index (χ2v) is 2.87. The molecule has 1 fully saturated rings. The molecule has 0 aromatic carbocycles. The van der Waals surface area contributed by atoms with Crippen molar-refractivity contribution in [2.45, 2.75) is 20.3 Å². The van der Waals surface area contributed by atoms with Crippen molar-refractivity contribution < 1.29 is 9.53 Å². The minimum absolute atomic E-state index is 0.0342. The number of hydrogen-bond acceptors (Lipinski definition) is 2. The van der Waals surface area contributed by atoms with Crippen LogP contribution < -0.4 is 0 Å². The summed E-state index contributed by atoms with van der Waals surface area (Å²) in [6, 6.07) is 0. The molecule has 0 spiro atoms. The molecule has 0 aromatic rings. The van der Waals surface area contributed by atoms with Gasteiger partial charge in [-0.3, -0.25) is 4.79 Å². The first-order chi connectivity index (χ1) is 4.20. The highest BCUT2D eigenvalue weighted by Gasteiger charge is 2.23. The van der Waals surface area contributed by atoms with Gasteiger partial charge in [0.05, 0.1) is 12.5 Å². The Hall–Kier alpha value is -0.530. The Morgan fingerprint density at radius 3 is 2.67 bits per heavy atom. The van der Waals surface area contributed by atoms with Gasteiger partial charge < -0.3 is 4.74 Å². The molecule has 0 unspecified atom stereocenters. The monoisotopic (exact) mass is 128 g/mol. The lowest BCUT2D eigenvalue weighted by atomic mass is 9.96. The first-order valence-electron chi connectivity index (χ1n) is 3.37. The van der Waals surface area contributed by atoms with Gasteiger partial charge in [-0.15, -0.1) is 0 Å². The summed E-state index contributed by atoms with van der Waals surface area (Å²) >= 11 is 0. The maximum atomic E-state index is 10.7. The molecule has 0 saturated carbocycles. The molecule has 9 heavy (non-hydrogen) atoms. The Morgan fingerprint density at radius 2 is 2.22 bits per heavy atom. The van der Waals surface area contributed by atoms with Crippen LogP contribution in [0.3, 0.4) is 0 Å². The Kier molecular flexibility index (Phi) is 1.74. The summed E-state index contributed by atoms with van der Waals surface area (Å²) in [6.07, 6.45) is 0.985. The predicted molar refractivity (Wildman–Crippen MR) is 33.9 cm³/mol. The number of ether oxygens (including phenoxy) is 1. The Balaban J connectivity index is 2.44. The molecule has 0 aliphatic carbocycles. The van der Waals surface area contributed by atoms with Crippen molar-refractivity contribution in [2.24, 2.45) is 11.8 Å². The second kappa shape index (κ2) is 2.38. The maximum absolute atomic E-state index is 10.7. The third-order valence-corrected chi connectivity index (χ3v) is 1.67. The van der Waals surface area contributed by atoms with Crippen molar-refractivity contribution in [1.82, 2.24) is 0 Å². The summed E-state index contributed by atoms with van der Waals surface area (Å²) in [4.78, 5) is 10.7. The zero-order valence-corrected chi connectivity index (χ0v) is 5.89. The number of hydrogen-bond donors (Lipinski definition) is 0. The maximum Gasteiger partial charge on any atom is 0.308 e. The van der Waals surface area contributed by atoms with Crippen LogP contribution in [0.25, 0.3) is 0 Å². The van der Waals surface area contributed by atoms with Crippen LogP contribution in [0, 0.1) is 11.8 Å². The van der Waals surface area contributed by atoms with Gasteiger partial charge in [-0.2, -0.15) is 0 Å². The Labute approximate surface area is 55.2 Å². The number of cyclic esters (lactones) is 1. The summed E-state index contributed by atoms with van der Waals surface area (Å²) < 4.78 is 4.86. The zero-order valence-electron chi connectivity index (χ0n) is 5.89. The third-order valence-electron chi connectivity index (χ3n) is 1.67. The van der Waals surface area contributed by atoms with Crippen molar-refractivity contribution in [3.05, 3.63) is 0 Å². The van der Waals surface area contributed by atoms with Crippen LogP contribution in [0.4, 0.5) is 0 Å². The molecule has 1 heterocycles. The molecule has 0 N–H and O–H groups in total. The van der Waals surface area contributed by atoms with E-state index in [1.807, 2.05) is 6.92 Å². The van der Waals surface area contributed by atoms with Gasteiger partial charge in [0, 0.05) is 0 Å². The number of carbonyl (C=O) groups is 1. The van der Waals surface area contributed by atoms with Gasteiger partial charge in [0.15, 0.2) is 0 Å². The predicted octanol–water partition coefficient (Wildman–Crippen LogP) is 1.21. The fourth-order valence-corrected chi connectivity index (χ4v) is 1.13. The van der Waals surface area contributed by atoms with Crippen LogP contribution in [0.1, 0.15) is 20.3 Å². The number of rotatable bonds is 0. The van der Waals surface area contributed by atoms with Crippen molar-refractivity contribution in [3.8, 4) is 0 Å². The van der Waals surface area contributed by atoms with Crippen LogP contribution in [-0.4, -0.2) is 12.6 Å². The molecule has 2 atom stereocenters. The summed E-state index contributed by atoms with van der Waals surface area (Å²) in [5, 5.41) is 0. The van der Waals surface area contributed by atoms with E-state index in [1.165, 1.54) is 0 Å². The molecule has 0 bridgehead atoms. The van der Waals surface area contributed by atoms with E-state index in [1.54, 1.807) is 0 Å². The van der Waals surface area contributed by atoms with Crippen LogP contribution >= 0.6 is 0 Å².